The predicted molar refractivity (Wildman–Crippen MR) is 79.4 cm³/mol. The third kappa shape index (κ3) is 3.51. The van der Waals surface area contributed by atoms with E-state index in [1.54, 1.807) is 7.11 Å². The van der Waals surface area contributed by atoms with Gasteiger partial charge in [0.2, 0.25) is 5.91 Å². The Morgan fingerprint density at radius 2 is 2.20 bits per heavy atom. The molecule has 2 atom stereocenters. The van der Waals surface area contributed by atoms with Crippen molar-refractivity contribution in [2.24, 2.45) is 17.6 Å². The van der Waals surface area contributed by atoms with Crippen LogP contribution in [0.5, 0.6) is 0 Å². The average Bonchev–Trinajstić information content (AvgIpc) is 3.23. The van der Waals surface area contributed by atoms with Gasteiger partial charge in [-0.3, -0.25) is 4.79 Å². The lowest BCUT2D eigenvalue weighted by molar-refractivity contribution is -0.126. The number of carbonyl (C=O) groups is 1. The molecule has 0 aromatic heterocycles. The van der Waals surface area contributed by atoms with E-state index in [0.29, 0.717) is 11.8 Å². The highest BCUT2D eigenvalue weighted by molar-refractivity contribution is 5.86. The summed E-state index contributed by atoms with van der Waals surface area (Å²) in [4.78, 5) is 14.5. The monoisotopic (exact) mass is 283 g/mol. The lowest BCUT2D eigenvalue weighted by Crippen LogP contribution is -2.64. The van der Waals surface area contributed by atoms with Crippen LogP contribution in [0.2, 0.25) is 0 Å². The van der Waals surface area contributed by atoms with Crippen molar-refractivity contribution in [3.8, 4) is 0 Å². The van der Waals surface area contributed by atoms with Gasteiger partial charge < -0.3 is 20.7 Å². The topological polar surface area (TPSA) is 67.6 Å². The molecule has 116 valence electrons. The van der Waals surface area contributed by atoms with Gasteiger partial charge in [-0.1, -0.05) is 6.92 Å². The molecule has 5 nitrogen and oxygen atoms in total. The van der Waals surface area contributed by atoms with Gasteiger partial charge in [-0.05, 0) is 50.6 Å². The summed E-state index contributed by atoms with van der Waals surface area (Å²) in [6.45, 7) is 6.47. The lowest BCUT2D eigenvalue weighted by atomic mass is 9.89. The van der Waals surface area contributed by atoms with Gasteiger partial charge in [-0.2, -0.15) is 0 Å². The zero-order valence-corrected chi connectivity index (χ0v) is 12.9. The second-order valence-corrected chi connectivity index (χ2v) is 6.34. The second-order valence-electron chi connectivity index (χ2n) is 6.34. The van der Waals surface area contributed by atoms with Gasteiger partial charge in [0.1, 0.15) is 5.54 Å². The summed E-state index contributed by atoms with van der Waals surface area (Å²) >= 11 is 0. The van der Waals surface area contributed by atoms with Crippen molar-refractivity contribution in [1.82, 2.24) is 10.2 Å². The predicted octanol–water partition coefficient (Wildman–Crippen LogP) is 0.588. The molecule has 1 saturated heterocycles. The minimum absolute atomic E-state index is 0.185. The molecule has 0 aromatic rings. The molecule has 2 aliphatic rings. The molecule has 0 aromatic carbocycles. The van der Waals surface area contributed by atoms with Crippen molar-refractivity contribution in [3.63, 3.8) is 0 Å². The molecule has 5 heteroatoms. The highest BCUT2D eigenvalue weighted by Crippen LogP contribution is 2.40. The van der Waals surface area contributed by atoms with Crippen LogP contribution in [0.15, 0.2) is 0 Å². The van der Waals surface area contributed by atoms with E-state index in [2.05, 4.69) is 10.2 Å². The highest BCUT2D eigenvalue weighted by atomic mass is 16.5. The number of amides is 1. The molecule has 2 unspecified atom stereocenters. The first-order chi connectivity index (χ1) is 9.62. The van der Waals surface area contributed by atoms with Crippen LogP contribution in [-0.2, 0) is 9.53 Å². The number of primary amides is 1. The number of nitrogens with one attached hydrogen (secondary N) is 1. The van der Waals surface area contributed by atoms with Crippen LogP contribution in [0, 0.1) is 11.8 Å². The first-order valence-electron chi connectivity index (χ1n) is 7.88. The van der Waals surface area contributed by atoms with Crippen LogP contribution in [0.1, 0.15) is 32.6 Å². The molecule has 2 rings (SSSR count). The largest absolute Gasteiger partial charge is 0.384 e. The molecule has 1 amide bonds. The number of hydrogen-bond donors (Lipinski definition) is 2. The number of likely N-dealkylation sites (N-methyl/N-ethyl adjacent to an activating group) is 1. The fourth-order valence-electron chi connectivity index (χ4n) is 3.61. The van der Waals surface area contributed by atoms with E-state index in [0.717, 1.165) is 45.6 Å². The standard InChI is InChI=1S/C15H29N3O2/c1-3-17-15(14(16)19,13-6-7-13)11-18-8-4-5-12(9-18)10-20-2/h12-13,17H,3-11H2,1-2H3,(H2,16,19). The van der Waals surface area contributed by atoms with Crippen molar-refractivity contribution in [2.75, 3.05) is 39.9 Å². The fourth-order valence-corrected chi connectivity index (χ4v) is 3.61. The summed E-state index contributed by atoms with van der Waals surface area (Å²) in [5.41, 5.74) is 5.23. The van der Waals surface area contributed by atoms with Crippen molar-refractivity contribution in [2.45, 2.75) is 38.1 Å². The maximum Gasteiger partial charge on any atom is 0.239 e. The van der Waals surface area contributed by atoms with Crippen LogP contribution in [0.25, 0.3) is 0 Å². The summed E-state index contributed by atoms with van der Waals surface area (Å²) in [5, 5.41) is 3.40. The Morgan fingerprint density at radius 1 is 1.45 bits per heavy atom. The zero-order chi connectivity index (χ0) is 14.6. The van der Waals surface area contributed by atoms with Crippen LogP contribution in [0.3, 0.4) is 0 Å². The molecule has 0 spiro atoms. The lowest BCUT2D eigenvalue weighted by Gasteiger charge is -2.40. The SMILES string of the molecule is CCNC(CN1CCCC(COC)C1)(C(N)=O)C1CC1. The van der Waals surface area contributed by atoms with Crippen molar-refractivity contribution in [1.29, 1.82) is 0 Å². The van der Waals surface area contributed by atoms with Gasteiger partial charge in [-0.15, -0.1) is 0 Å². The Balaban J connectivity index is 2.01. The Kier molecular flexibility index (Phi) is 5.41. The molecule has 1 saturated carbocycles. The fraction of sp³-hybridized carbons (Fsp3) is 0.933. The maximum absolute atomic E-state index is 12.1. The van der Waals surface area contributed by atoms with Gasteiger partial charge in [-0.25, -0.2) is 0 Å². The number of piperidine rings is 1. The number of nitrogens with zero attached hydrogens (tertiary/aromatic N) is 1. The van der Waals surface area contributed by atoms with Crippen molar-refractivity contribution >= 4 is 5.91 Å². The third-order valence-electron chi connectivity index (χ3n) is 4.68. The number of methoxy groups -OCH3 is 1. The normalized spacial score (nSPS) is 27.2. The smallest absolute Gasteiger partial charge is 0.239 e. The zero-order valence-electron chi connectivity index (χ0n) is 12.9. The Morgan fingerprint density at radius 3 is 2.75 bits per heavy atom. The van der Waals surface area contributed by atoms with E-state index < -0.39 is 5.54 Å². The summed E-state index contributed by atoms with van der Waals surface area (Å²) < 4.78 is 5.28. The van der Waals surface area contributed by atoms with Gasteiger partial charge in [0.05, 0.1) is 6.61 Å². The first-order valence-corrected chi connectivity index (χ1v) is 7.88. The summed E-state index contributed by atoms with van der Waals surface area (Å²) in [6, 6.07) is 0. The minimum Gasteiger partial charge on any atom is -0.384 e. The van der Waals surface area contributed by atoms with E-state index in [4.69, 9.17) is 10.5 Å². The minimum atomic E-state index is -0.524. The molecule has 3 N–H and O–H groups in total. The molecular weight excluding hydrogens is 254 g/mol. The van der Waals surface area contributed by atoms with Crippen LogP contribution in [-0.4, -0.2) is 56.2 Å². The van der Waals surface area contributed by atoms with Crippen LogP contribution >= 0.6 is 0 Å². The van der Waals surface area contributed by atoms with Gasteiger partial charge in [0, 0.05) is 20.2 Å². The van der Waals surface area contributed by atoms with Crippen molar-refractivity contribution in [3.05, 3.63) is 0 Å². The van der Waals surface area contributed by atoms with E-state index in [1.165, 1.54) is 12.8 Å². The molecule has 2 fully saturated rings. The van der Waals surface area contributed by atoms with Crippen LogP contribution in [0.4, 0.5) is 0 Å². The number of nitrogens with two attached hydrogens (primary N) is 1. The highest BCUT2D eigenvalue weighted by Gasteiger charge is 2.50. The Labute approximate surface area is 122 Å². The number of ether oxygens (including phenoxy) is 1. The number of carbonyl (C=O) groups excluding carboxylic acids is 1. The van der Waals surface area contributed by atoms with E-state index in [-0.39, 0.29) is 5.91 Å². The summed E-state index contributed by atoms with van der Waals surface area (Å²) in [5.74, 6) is 0.818. The quantitative estimate of drug-likeness (QED) is 0.684. The Hall–Kier alpha value is -0.650. The molecular formula is C15H29N3O2. The number of hydrogen-bond acceptors (Lipinski definition) is 4. The first kappa shape index (κ1) is 15.7. The molecule has 0 bridgehead atoms. The summed E-state index contributed by atoms with van der Waals surface area (Å²) in [7, 11) is 1.76. The van der Waals surface area contributed by atoms with E-state index in [9.17, 15) is 4.79 Å². The third-order valence-corrected chi connectivity index (χ3v) is 4.68. The van der Waals surface area contributed by atoms with Crippen LogP contribution < -0.4 is 11.1 Å². The summed E-state index contributed by atoms with van der Waals surface area (Å²) in [6.07, 6.45) is 4.63. The molecule has 20 heavy (non-hydrogen) atoms. The van der Waals surface area contributed by atoms with Gasteiger partial charge in [0.15, 0.2) is 0 Å². The molecule has 1 aliphatic carbocycles. The maximum atomic E-state index is 12.1. The Bertz CT molecular complexity index is 331. The average molecular weight is 283 g/mol. The van der Waals surface area contributed by atoms with Gasteiger partial charge >= 0.3 is 0 Å². The molecule has 1 aliphatic heterocycles. The van der Waals surface area contributed by atoms with E-state index in [1.807, 2.05) is 6.92 Å². The number of likely N-dealkylation sites (tertiary alicyclic amines) is 1. The van der Waals surface area contributed by atoms with Crippen molar-refractivity contribution < 1.29 is 9.53 Å². The molecule has 0 radical (unpaired) electrons. The second kappa shape index (κ2) is 6.87. The molecule has 1 heterocycles. The number of rotatable bonds is 8. The van der Waals surface area contributed by atoms with E-state index >= 15 is 0 Å². The van der Waals surface area contributed by atoms with Gasteiger partial charge in [0.25, 0.3) is 0 Å².